The molecule has 5 nitrogen and oxygen atoms in total. The maximum Gasteiger partial charge on any atom is 0.345 e. The zero-order valence-electron chi connectivity index (χ0n) is 9.43. The second-order valence-electron chi connectivity index (χ2n) is 3.53. The van der Waals surface area contributed by atoms with Crippen LogP contribution >= 0.6 is 0 Å². The van der Waals surface area contributed by atoms with Gasteiger partial charge >= 0.3 is 5.69 Å². The van der Waals surface area contributed by atoms with Crippen molar-refractivity contribution in [3.05, 3.63) is 46.5 Å². The minimum absolute atomic E-state index is 0.279. The Bertz CT molecular complexity index is 561. The lowest BCUT2D eigenvalue weighted by Crippen LogP contribution is -2.15. The predicted molar refractivity (Wildman–Crippen MR) is 64.7 cm³/mol. The van der Waals surface area contributed by atoms with Gasteiger partial charge in [-0.1, -0.05) is 0 Å². The Morgan fingerprint density at radius 2 is 2.06 bits per heavy atom. The first-order chi connectivity index (χ1) is 8.22. The lowest BCUT2D eigenvalue weighted by molar-refractivity contribution is 0.415. The minimum atomic E-state index is -0.390. The van der Waals surface area contributed by atoms with Crippen LogP contribution in [0.1, 0.15) is 5.69 Å². The average Bonchev–Trinajstić information content (AvgIpc) is 2.38. The third-order valence-corrected chi connectivity index (χ3v) is 2.41. The Labute approximate surface area is 98.3 Å². The molecule has 0 aliphatic heterocycles. The largest absolute Gasteiger partial charge is 0.497 e. The van der Waals surface area contributed by atoms with Crippen LogP contribution in [-0.2, 0) is 6.54 Å². The first-order valence-electron chi connectivity index (χ1n) is 5.17. The number of rotatable bonds is 3. The monoisotopic (exact) mass is 231 g/mol. The summed E-state index contributed by atoms with van der Waals surface area (Å²) in [6, 6.07) is 9.10. The molecule has 17 heavy (non-hydrogen) atoms. The van der Waals surface area contributed by atoms with Crippen LogP contribution in [0.4, 0.5) is 0 Å². The normalized spacial score (nSPS) is 10.2. The second-order valence-corrected chi connectivity index (χ2v) is 3.53. The van der Waals surface area contributed by atoms with Crippen molar-refractivity contribution in [2.24, 2.45) is 5.73 Å². The summed E-state index contributed by atoms with van der Waals surface area (Å²) in [5.74, 6) is 0.762. The molecule has 2 aromatic rings. The summed E-state index contributed by atoms with van der Waals surface area (Å²) in [5.41, 5.74) is 7.23. The molecule has 88 valence electrons. The molecule has 1 aromatic heterocycles. The van der Waals surface area contributed by atoms with E-state index in [-0.39, 0.29) is 6.54 Å². The molecular weight excluding hydrogens is 218 g/mol. The maximum atomic E-state index is 11.3. The van der Waals surface area contributed by atoms with E-state index < -0.39 is 5.69 Å². The van der Waals surface area contributed by atoms with Gasteiger partial charge in [-0.2, -0.15) is 4.98 Å². The number of hydrogen-bond donors (Lipinski definition) is 2. The fraction of sp³-hybridized carbons (Fsp3) is 0.167. The van der Waals surface area contributed by atoms with Crippen molar-refractivity contribution in [3.8, 4) is 17.0 Å². The number of hydrogen-bond acceptors (Lipinski definition) is 4. The van der Waals surface area contributed by atoms with Crippen molar-refractivity contribution in [1.82, 2.24) is 9.97 Å². The number of aromatic nitrogens is 2. The molecule has 5 heteroatoms. The summed E-state index contributed by atoms with van der Waals surface area (Å²) >= 11 is 0. The molecule has 0 saturated carbocycles. The van der Waals surface area contributed by atoms with Crippen molar-refractivity contribution in [1.29, 1.82) is 0 Å². The standard InChI is InChI=1S/C12H13N3O2/c1-17-10-4-2-8(3-5-10)11-6-9(7-13)14-12(16)15-11/h2-6H,7,13H2,1H3,(H,14,15,16). The van der Waals surface area contributed by atoms with E-state index in [9.17, 15) is 4.79 Å². The molecule has 0 amide bonds. The molecule has 0 atom stereocenters. The highest BCUT2D eigenvalue weighted by atomic mass is 16.5. The molecule has 3 N–H and O–H groups in total. The van der Waals surface area contributed by atoms with Gasteiger partial charge in [-0.15, -0.1) is 0 Å². The lowest BCUT2D eigenvalue weighted by Gasteiger charge is -2.04. The first-order valence-corrected chi connectivity index (χ1v) is 5.17. The van der Waals surface area contributed by atoms with Gasteiger partial charge in [-0.05, 0) is 30.3 Å². The molecule has 1 aromatic carbocycles. The summed E-state index contributed by atoms with van der Waals surface area (Å²) < 4.78 is 5.07. The average molecular weight is 231 g/mol. The van der Waals surface area contributed by atoms with E-state index in [4.69, 9.17) is 10.5 Å². The highest BCUT2D eigenvalue weighted by Gasteiger charge is 2.03. The quantitative estimate of drug-likeness (QED) is 0.822. The van der Waals surface area contributed by atoms with E-state index in [0.29, 0.717) is 11.4 Å². The Hall–Kier alpha value is -2.14. The molecule has 0 spiro atoms. The topological polar surface area (TPSA) is 81.0 Å². The SMILES string of the molecule is COc1ccc(-c2cc(CN)[nH]c(=O)n2)cc1. The Morgan fingerprint density at radius 3 is 2.65 bits per heavy atom. The number of nitrogens with zero attached hydrogens (tertiary/aromatic N) is 1. The molecular formula is C12H13N3O2. The first kappa shape index (κ1) is 11.3. The zero-order valence-corrected chi connectivity index (χ0v) is 9.43. The zero-order chi connectivity index (χ0) is 12.3. The van der Waals surface area contributed by atoms with Crippen LogP contribution in [0.3, 0.4) is 0 Å². The Balaban J connectivity index is 2.44. The molecule has 2 rings (SSSR count). The van der Waals surface area contributed by atoms with Gasteiger partial charge in [0.2, 0.25) is 0 Å². The summed E-state index contributed by atoms with van der Waals surface area (Å²) in [6.07, 6.45) is 0. The van der Waals surface area contributed by atoms with Crippen LogP contribution in [0.25, 0.3) is 11.3 Å². The van der Waals surface area contributed by atoms with Crippen molar-refractivity contribution < 1.29 is 4.74 Å². The number of benzene rings is 1. The van der Waals surface area contributed by atoms with E-state index in [1.807, 2.05) is 24.3 Å². The van der Waals surface area contributed by atoms with Crippen LogP contribution in [0.15, 0.2) is 35.1 Å². The third kappa shape index (κ3) is 2.51. The van der Waals surface area contributed by atoms with Crippen LogP contribution in [0, 0.1) is 0 Å². The van der Waals surface area contributed by atoms with Gasteiger partial charge in [-0.3, -0.25) is 0 Å². The molecule has 0 aliphatic rings. The van der Waals surface area contributed by atoms with E-state index in [1.165, 1.54) is 0 Å². The van der Waals surface area contributed by atoms with Gasteiger partial charge in [0, 0.05) is 17.8 Å². The number of aromatic amines is 1. The molecule has 0 radical (unpaired) electrons. The summed E-state index contributed by atoms with van der Waals surface area (Å²) in [4.78, 5) is 17.8. The maximum absolute atomic E-state index is 11.3. The van der Waals surface area contributed by atoms with Gasteiger partial charge in [-0.25, -0.2) is 4.79 Å². The molecule has 0 unspecified atom stereocenters. The van der Waals surface area contributed by atoms with E-state index in [2.05, 4.69) is 9.97 Å². The number of ether oxygens (including phenoxy) is 1. The highest BCUT2D eigenvalue weighted by molar-refractivity contribution is 5.60. The van der Waals surface area contributed by atoms with Crippen LogP contribution < -0.4 is 16.2 Å². The van der Waals surface area contributed by atoms with Crippen LogP contribution in [0.2, 0.25) is 0 Å². The number of methoxy groups -OCH3 is 1. The van der Waals surface area contributed by atoms with Gasteiger partial charge in [0.25, 0.3) is 0 Å². The molecule has 0 fully saturated rings. The van der Waals surface area contributed by atoms with Crippen LogP contribution in [0.5, 0.6) is 5.75 Å². The van der Waals surface area contributed by atoms with Gasteiger partial charge in [0.1, 0.15) is 5.75 Å². The molecule has 0 aliphatic carbocycles. The van der Waals surface area contributed by atoms with Crippen molar-refractivity contribution in [3.63, 3.8) is 0 Å². The summed E-state index contributed by atoms with van der Waals surface area (Å²) in [5, 5.41) is 0. The van der Waals surface area contributed by atoms with Crippen LogP contribution in [-0.4, -0.2) is 17.1 Å². The molecule has 1 heterocycles. The highest BCUT2D eigenvalue weighted by Crippen LogP contribution is 2.19. The second kappa shape index (κ2) is 4.80. The molecule has 0 saturated heterocycles. The summed E-state index contributed by atoms with van der Waals surface area (Å²) in [6.45, 7) is 0.279. The third-order valence-electron chi connectivity index (χ3n) is 2.41. The van der Waals surface area contributed by atoms with E-state index in [0.717, 1.165) is 11.3 Å². The van der Waals surface area contributed by atoms with E-state index >= 15 is 0 Å². The Kier molecular flexibility index (Phi) is 3.20. The van der Waals surface area contributed by atoms with Crippen molar-refractivity contribution in [2.45, 2.75) is 6.54 Å². The number of H-pyrrole nitrogens is 1. The van der Waals surface area contributed by atoms with Gasteiger partial charge in [0.15, 0.2) is 0 Å². The van der Waals surface area contributed by atoms with Gasteiger partial charge in [0.05, 0.1) is 12.8 Å². The Morgan fingerprint density at radius 1 is 1.35 bits per heavy atom. The van der Waals surface area contributed by atoms with Crippen molar-refractivity contribution >= 4 is 0 Å². The van der Waals surface area contributed by atoms with E-state index in [1.54, 1.807) is 13.2 Å². The number of nitrogens with two attached hydrogens (primary N) is 1. The smallest absolute Gasteiger partial charge is 0.345 e. The minimum Gasteiger partial charge on any atom is -0.497 e. The predicted octanol–water partition coefficient (Wildman–Crippen LogP) is 0.904. The fourth-order valence-corrected chi connectivity index (χ4v) is 1.53. The fourth-order valence-electron chi connectivity index (χ4n) is 1.53. The number of nitrogens with one attached hydrogen (secondary N) is 1. The molecule has 0 bridgehead atoms. The van der Waals surface area contributed by atoms with Gasteiger partial charge < -0.3 is 15.5 Å². The van der Waals surface area contributed by atoms with Crippen molar-refractivity contribution in [2.75, 3.05) is 7.11 Å². The lowest BCUT2D eigenvalue weighted by atomic mass is 10.1. The summed E-state index contributed by atoms with van der Waals surface area (Å²) in [7, 11) is 1.60.